The van der Waals surface area contributed by atoms with Crippen LogP contribution in [0.2, 0.25) is 10.2 Å². The van der Waals surface area contributed by atoms with Gasteiger partial charge in [0, 0.05) is 0 Å². The standard InChI is InChI=1S/C7H8Cl2N2S/c1-3-4-5(8)6(9)11-7(10-4)12-2/h3H2,1-2H3. The van der Waals surface area contributed by atoms with Crippen molar-refractivity contribution < 1.29 is 0 Å². The molecule has 0 aliphatic heterocycles. The Morgan fingerprint density at radius 1 is 1.33 bits per heavy atom. The predicted molar refractivity (Wildman–Crippen MR) is 53.2 cm³/mol. The van der Waals surface area contributed by atoms with E-state index < -0.39 is 0 Å². The number of aryl methyl sites for hydroxylation is 1. The Morgan fingerprint density at radius 3 is 2.50 bits per heavy atom. The molecule has 0 aliphatic rings. The quantitative estimate of drug-likeness (QED) is 0.437. The molecule has 0 atom stereocenters. The second kappa shape index (κ2) is 4.30. The number of thioether (sulfide) groups is 1. The summed E-state index contributed by atoms with van der Waals surface area (Å²) in [6.45, 7) is 1.98. The SMILES string of the molecule is CCc1nc(SC)nc(Cl)c1Cl. The zero-order valence-electron chi connectivity index (χ0n) is 6.77. The summed E-state index contributed by atoms with van der Waals surface area (Å²) in [5, 5.41) is 1.48. The molecule has 1 heterocycles. The lowest BCUT2D eigenvalue weighted by Crippen LogP contribution is -1.95. The second-order valence-electron chi connectivity index (χ2n) is 2.12. The summed E-state index contributed by atoms with van der Waals surface area (Å²) in [7, 11) is 0. The molecule has 5 heteroatoms. The van der Waals surface area contributed by atoms with Gasteiger partial charge in [-0.15, -0.1) is 0 Å². The van der Waals surface area contributed by atoms with Crippen LogP contribution in [0.3, 0.4) is 0 Å². The van der Waals surface area contributed by atoms with Gasteiger partial charge in [0.15, 0.2) is 10.3 Å². The highest BCUT2D eigenvalue weighted by atomic mass is 35.5. The zero-order valence-corrected chi connectivity index (χ0v) is 9.09. The summed E-state index contributed by atoms with van der Waals surface area (Å²) >= 11 is 13.1. The van der Waals surface area contributed by atoms with E-state index in [2.05, 4.69) is 9.97 Å². The van der Waals surface area contributed by atoms with Gasteiger partial charge in [0.1, 0.15) is 0 Å². The van der Waals surface area contributed by atoms with E-state index in [9.17, 15) is 0 Å². The van der Waals surface area contributed by atoms with Crippen molar-refractivity contribution in [3.05, 3.63) is 15.9 Å². The molecule has 0 fully saturated rings. The van der Waals surface area contributed by atoms with E-state index in [1.807, 2.05) is 13.2 Å². The first-order valence-electron chi connectivity index (χ1n) is 3.45. The van der Waals surface area contributed by atoms with Crippen LogP contribution in [0.1, 0.15) is 12.6 Å². The second-order valence-corrected chi connectivity index (χ2v) is 3.62. The highest BCUT2D eigenvalue weighted by molar-refractivity contribution is 7.98. The van der Waals surface area contributed by atoms with E-state index in [-0.39, 0.29) is 0 Å². The van der Waals surface area contributed by atoms with Gasteiger partial charge < -0.3 is 0 Å². The number of nitrogens with zero attached hydrogens (tertiary/aromatic N) is 2. The predicted octanol–water partition coefficient (Wildman–Crippen LogP) is 3.07. The highest BCUT2D eigenvalue weighted by Gasteiger charge is 2.08. The fourth-order valence-corrected chi connectivity index (χ4v) is 1.61. The molecule has 0 bridgehead atoms. The number of rotatable bonds is 2. The molecule has 1 aromatic rings. The smallest absolute Gasteiger partial charge is 0.189 e. The largest absolute Gasteiger partial charge is 0.226 e. The normalized spacial score (nSPS) is 10.3. The van der Waals surface area contributed by atoms with Gasteiger partial charge in [-0.3, -0.25) is 0 Å². The number of aromatic nitrogens is 2. The maximum Gasteiger partial charge on any atom is 0.189 e. The highest BCUT2D eigenvalue weighted by Crippen LogP contribution is 2.25. The number of hydrogen-bond donors (Lipinski definition) is 0. The summed E-state index contributed by atoms with van der Waals surface area (Å²) in [6, 6.07) is 0. The van der Waals surface area contributed by atoms with E-state index >= 15 is 0 Å². The van der Waals surface area contributed by atoms with Crippen LogP contribution in [-0.2, 0) is 6.42 Å². The number of halogens is 2. The summed E-state index contributed by atoms with van der Waals surface area (Å²) in [5.74, 6) is 0. The van der Waals surface area contributed by atoms with Crippen molar-refractivity contribution in [2.24, 2.45) is 0 Å². The monoisotopic (exact) mass is 222 g/mol. The first kappa shape index (κ1) is 10.1. The Hall–Kier alpha value is 0.01000. The Morgan fingerprint density at radius 2 is 2.00 bits per heavy atom. The Balaban J connectivity index is 3.19. The van der Waals surface area contributed by atoms with Crippen LogP contribution in [0.5, 0.6) is 0 Å². The molecule has 0 amide bonds. The molecule has 0 saturated heterocycles. The van der Waals surface area contributed by atoms with Crippen molar-refractivity contribution in [2.75, 3.05) is 6.26 Å². The van der Waals surface area contributed by atoms with Crippen LogP contribution in [-0.4, -0.2) is 16.2 Å². The van der Waals surface area contributed by atoms with Gasteiger partial charge in [-0.1, -0.05) is 41.9 Å². The van der Waals surface area contributed by atoms with Gasteiger partial charge >= 0.3 is 0 Å². The van der Waals surface area contributed by atoms with Crippen LogP contribution in [0.4, 0.5) is 0 Å². The topological polar surface area (TPSA) is 25.8 Å². The Kier molecular flexibility index (Phi) is 3.62. The molecule has 1 rings (SSSR count). The molecular formula is C7H8Cl2N2S. The van der Waals surface area contributed by atoms with Crippen molar-refractivity contribution in [3.63, 3.8) is 0 Å². The summed E-state index contributed by atoms with van der Waals surface area (Å²) in [6.07, 6.45) is 2.67. The van der Waals surface area contributed by atoms with Crippen LogP contribution >= 0.6 is 35.0 Å². The first-order chi connectivity index (χ1) is 5.69. The molecule has 66 valence electrons. The van der Waals surface area contributed by atoms with Crippen molar-refractivity contribution in [1.29, 1.82) is 0 Å². The van der Waals surface area contributed by atoms with Gasteiger partial charge in [0.05, 0.1) is 10.7 Å². The van der Waals surface area contributed by atoms with E-state index in [1.165, 1.54) is 11.8 Å². The minimum atomic E-state index is 0.341. The minimum absolute atomic E-state index is 0.341. The number of hydrogen-bond acceptors (Lipinski definition) is 3. The maximum atomic E-state index is 5.86. The maximum absolute atomic E-state index is 5.86. The molecule has 12 heavy (non-hydrogen) atoms. The molecule has 1 aromatic heterocycles. The van der Waals surface area contributed by atoms with Crippen molar-refractivity contribution in [3.8, 4) is 0 Å². The summed E-state index contributed by atoms with van der Waals surface area (Å²) in [4.78, 5) is 8.19. The summed E-state index contributed by atoms with van der Waals surface area (Å²) in [5.41, 5.74) is 0.806. The lowest BCUT2D eigenvalue weighted by Gasteiger charge is -2.03. The van der Waals surface area contributed by atoms with Crippen molar-refractivity contribution >= 4 is 35.0 Å². The van der Waals surface area contributed by atoms with Gasteiger partial charge in [-0.25, -0.2) is 9.97 Å². The van der Waals surface area contributed by atoms with Crippen LogP contribution in [0.25, 0.3) is 0 Å². The van der Waals surface area contributed by atoms with E-state index in [0.717, 1.165) is 12.1 Å². The zero-order chi connectivity index (χ0) is 9.14. The van der Waals surface area contributed by atoms with Crippen molar-refractivity contribution in [1.82, 2.24) is 9.97 Å². The minimum Gasteiger partial charge on any atom is -0.226 e. The molecule has 0 saturated carbocycles. The molecule has 0 spiro atoms. The van der Waals surface area contributed by atoms with Gasteiger partial charge in [-0.05, 0) is 12.7 Å². The van der Waals surface area contributed by atoms with E-state index in [4.69, 9.17) is 23.2 Å². The van der Waals surface area contributed by atoms with Gasteiger partial charge in [0.2, 0.25) is 0 Å². The molecule has 0 aromatic carbocycles. The third kappa shape index (κ3) is 2.03. The Bertz CT molecular complexity index is 291. The third-order valence-electron chi connectivity index (χ3n) is 1.38. The van der Waals surface area contributed by atoms with Crippen LogP contribution in [0, 0.1) is 0 Å². The molecular weight excluding hydrogens is 215 g/mol. The lowest BCUT2D eigenvalue weighted by atomic mass is 10.3. The Labute approximate surface area is 85.7 Å². The third-order valence-corrected chi connectivity index (χ3v) is 2.69. The lowest BCUT2D eigenvalue weighted by molar-refractivity contribution is 0.892. The van der Waals surface area contributed by atoms with Gasteiger partial charge in [0.25, 0.3) is 0 Å². The fraction of sp³-hybridized carbons (Fsp3) is 0.429. The summed E-state index contributed by atoms with van der Waals surface area (Å²) < 4.78 is 0. The molecule has 0 radical (unpaired) electrons. The fourth-order valence-electron chi connectivity index (χ4n) is 0.767. The molecule has 0 aliphatic carbocycles. The first-order valence-corrected chi connectivity index (χ1v) is 5.43. The van der Waals surface area contributed by atoms with Crippen molar-refractivity contribution in [2.45, 2.75) is 18.5 Å². The molecule has 0 N–H and O–H groups in total. The molecule has 2 nitrogen and oxygen atoms in total. The molecule has 0 unspecified atom stereocenters. The van der Waals surface area contributed by atoms with E-state index in [0.29, 0.717) is 15.3 Å². The van der Waals surface area contributed by atoms with Gasteiger partial charge in [-0.2, -0.15) is 0 Å². The average Bonchev–Trinajstić information content (AvgIpc) is 2.09. The van der Waals surface area contributed by atoms with Crippen LogP contribution in [0.15, 0.2) is 5.16 Å². The van der Waals surface area contributed by atoms with Crippen LogP contribution < -0.4 is 0 Å². The van der Waals surface area contributed by atoms with E-state index in [1.54, 1.807) is 0 Å². The average molecular weight is 223 g/mol.